The Morgan fingerprint density at radius 2 is 2.16 bits per heavy atom. The molecule has 1 amide bonds. The second-order valence-corrected chi connectivity index (χ2v) is 7.49. The topological polar surface area (TPSA) is 51.1 Å². The summed E-state index contributed by atoms with van der Waals surface area (Å²) in [6.45, 7) is 11.0. The highest BCUT2D eigenvalue weighted by atomic mass is 16.6. The molecule has 136 valence electrons. The normalized spacial score (nSPS) is 16.8. The van der Waals surface area contributed by atoms with Crippen LogP contribution in [-0.2, 0) is 9.63 Å². The van der Waals surface area contributed by atoms with E-state index in [0.717, 1.165) is 17.0 Å². The third kappa shape index (κ3) is 5.34. The fraction of sp³-hybridized carbons (Fsp3) is 0.500. The predicted molar refractivity (Wildman–Crippen MR) is 99.9 cm³/mol. The van der Waals surface area contributed by atoms with Gasteiger partial charge in [-0.1, -0.05) is 44.1 Å². The van der Waals surface area contributed by atoms with Crippen molar-refractivity contribution in [3.63, 3.8) is 0 Å². The molecule has 1 aromatic carbocycles. The third-order valence-corrected chi connectivity index (χ3v) is 3.96. The first kappa shape index (κ1) is 19.0. The zero-order valence-electron chi connectivity index (χ0n) is 15.6. The molecule has 0 radical (unpaired) electrons. The summed E-state index contributed by atoms with van der Waals surface area (Å²) in [6, 6.07) is 7.75. The highest BCUT2D eigenvalue weighted by Crippen LogP contribution is 2.25. The van der Waals surface area contributed by atoms with Crippen LogP contribution in [0.4, 0.5) is 0 Å². The molecule has 1 aliphatic rings. The Kier molecular flexibility index (Phi) is 6.23. The Balaban J connectivity index is 2.01. The molecule has 0 fully saturated rings. The number of nitrogens with zero attached hydrogens (tertiary/aromatic N) is 2. The minimum Gasteiger partial charge on any atom is -0.496 e. The van der Waals surface area contributed by atoms with E-state index in [9.17, 15) is 4.79 Å². The molecule has 0 saturated heterocycles. The number of rotatable bonds is 7. The molecule has 0 aliphatic carbocycles. The van der Waals surface area contributed by atoms with Gasteiger partial charge < -0.3 is 14.5 Å². The summed E-state index contributed by atoms with van der Waals surface area (Å²) in [4.78, 5) is 19.9. The lowest BCUT2D eigenvalue weighted by Crippen LogP contribution is -2.39. The van der Waals surface area contributed by atoms with Crippen LogP contribution >= 0.6 is 0 Å². The van der Waals surface area contributed by atoms with E-state index >= 15 is 0 Å². The highest BCUT2D eigenvalue weighted by molar-refractivity contribution is 6.03. The van der Waals surface area contributed by atoms with E-state index < -0.39 is 0 Å². The molecule has 0 bridgehead atoms. The largest absolute Gasteiger partial charge is 0.496 e. The van der Waals surface area contributed by atoms with Crippen LogP contribution in [0.25, 0.3) is 0 Å². The Bertz CT molecular complexity index is 647. The zero-order chi connectivity index (χ0) is 18.4. The van der Waals surface area contributed by atoms with Crippen LogP contribution in [0.5, 0.6) is 5.75 Å². The number of ether oxygens (including phenoxy) is 1. The van der Waals surface area contributed by atoms with Crippen molar-refractivity contribution in [3.8, 4) is 5.75 Å². The third-order valence-electron chi connectivity index (χ3n) is 3.96. The average Bonchev–Trinajstić information content (AvgIpc) is 3.01. The number of hydrogen-bond acceptors (Lipinski definition) is 4. The molecular formula is C20H28N2O3. The minimum atomic E-state index is -0.149. The number of carbonyl (C=O) groups excluding carboxylic acids is 1. The molecule has 0 aromatic heterocycles. The number of benzene rings is 1. The van der Waals surface area contributed by atoms with Gasteiger partial charge in [0.25, 0.3) is 0 Å². The van der Waals surface area contributed by atoms with Crippen LogP contribution in [0.3, 0.4) is 0 Å². The fourth-order valence-corrected chi connectivity index (χ4v) is 2.81. The second-order valence-electron chi connectivity index (χ2n) is 7.49. The molecule has 0 saturated carbocycles. The predicted octanol–water partition coefficient (Wildman–Crippen LogP) is 3.64. The lowest BCUT2D eigenvalue weighted by Gasteiger charge is -2.27. The Labute approximate surface area is 150 Å². The summed E-state index contributed by atoms with van der Waals surface area (Å²) in [7, 11) is 1.64. The summed E-state index contributed by atoms with van der Waals surface area (Å²) in [6.07, 6.45) is 2.74. The molecule has 1 atom stereocenters. The van der Waals surface area contributed by atoms with Crippen molar-refractivity contribution in [1.29, 1.82) is 0 Å². The molecule has 5 nitrogen and oxygen atoms in total. The maximum Gasteiger partial charge on any atom is 0.223 e. The van der Waals surface area contributed by atoms with Crippen molar-refractivity contribution >= 4 is 11.6 Å². The summed E-state index contributed by atoms with van der Waals surface area (Å²) >= 11 is 0. The van der Waals surface area contributed by atoms with E-state index in [1.54, 1.807) is 18.1 Å². The van der Waals surface area contributed by atoms with Gasteiger partial charge in [-0.05, 0) is 17.5 Å². The van der Waals surface area contributed by atoms with Crippen LogP contribution in [0.1, 0.15) is 39.2 Å². The summed E-state index contributed by atoms with van der Waals surface area (Å²) < 4.78 is 5.39. The number of para-hydroxylation sites is 1. The van der Waals surface area contributed by atoms with Crippen LogP contribution in [-0.4, -0.2) is 42.8 Å². The maximum absolute atomic E-state index is 12.6. The summed E-state index contributed by atoms with van der Waals surface area (Å²) in [5.41, 5.74) is 1.74. The van der Waals surface area contributed by atoms with Crippen molar-refractivity contribution in [2.24, 2.45) is 10.6 Å². The monoisotopic (exact) mass is 344 g/mol. The van der Waals surface area contributed by atoms with Crippen LogP contribution in [0.2, 0.25) is 0 Å². The molecule has 1 aromatic rings. The van der Waals surface area contributed by atoms with Gasteiger partial charge in [-0.25, -0.2) is 0 Å². The molecular weight excluding hydrogens is 316 g/mol. The smallest absolute Gasteiger partial charge is 0.223 e. The average molecular weight is 344 g/mol. The van der Waals surface area contributed by atoms with Gasteiger partial charge in [0.15, 0.2) is 6.10 Å². The molecule has 25 heavy (non-hydrogen) atoms. The SMILES string of the molecule is C=CCN(C[C@@H]1CC(c2ccccc2OC)=NO1)C(=O)CC(C)(C)C. The number of methoxy groups -OCH3 is 1. The van der Waals surface area contributed by atoms with Gasteiger partial charge >= 0.3 is 0 Å². The van der Waals surface area contributed by atoms with E-state index in [0.29, 0.717) is 25.9 Å². The number of hydrogen-bond donors (Lipinski definition) is 0. The van der Waals surface area contributed by atoms with E-state index in [2.05, 4.69) is 32.5 Å². The van der Waals surface area contributed by atoms with Crippen molar-refractivity contribution in [2.75, 3.05) is 20.2 Å². The first-order valence-corrected chi connectivity index (χ1v) is 8.59. The van der Waals surface area contributed by atoms with Gasteiger partial charge in [0.05, 0.1) is 19.4 Å². The quantitative estimate of drug-likeness (QED) is 0.710. The Morgan fingerprint density at radius 3 is 2.80 bits per heavy atom. The first-order valence-electron chi connectivity index (χ1n) is 8.59. The van der Waals surface area contributed by atoms with E-state index in [4.69, 9.17) is 9.57 Å². The zero-order valence-corrected chi connectivity index (χ0v) is 15.6. The molecule has 0 unspecified atom stereocenters. The van der Waals surface area contributed by atoms with Gasteiger partial charge in [-0.3, -0.25) is 4.79 Å². The molecule has 2 rings (SSSR count). The van der Waals surface area contributed by atoms with Crippen molar-refractivity contribution < 1.29 is 14.4 Å². The lowest BCUT2D eigenvalue weighted by molar-refractivity contribution is -0.134. The van der Waals surface area contributed by atoms with Crippen molar-refractivity contribution in [2.45, 2.75) is 39.7 Å². The van der Waals surface area contributed by atoms with Crippen LogP contribution in [0.15, 0.2) is 42.1 Å². The van der Waals surface area contributed by atoms with Gasteiger partial charge in [0, 0.05) is 24.9 Å². The van der Waals surface area contributed by atoms with Gasteiger partial charge in [0.1, 0.15) is 5.75 Å². The van der Waals surface area contributed by atoms with E-state index in [1.807, 2.05) is 24.3 Å². The minimum absolute atomic E-state index is 0.0495. The van der Waals surface area contributed by atoms with E-state index in [1.165, 1.54) is 0 Å². The molecule has 0 N–H and O–H groups in total. The number of oxime groups is 1. The van der Waals surface area contributed by atoms with Crippen molar-refractivity contribution in [3.05, 3.63) is 42.5 Å². The Morgan fingerprint density at radius 1 is 1.44 bits per heavy atom. The summed E-state index contributed by atoms with van der Waals surface area (Å²) in [5, 5.41) is 4.22. The Hall–Kier alpha value is -2.30. The first-order chi connectivity index (χ1) is 11.8. The lowest BCUT2D eigenvalue weighted by atomic mass is 9.91. The van der Waals surface area contributed by atoms with E-state index in [-0.39, 0.29) is 17.4 Å². The standard InChI is InChI=1S/C20H28N2O3/c1-6-11-22(19(23)13-20(2,3)4)14-15-12-17(21-25-15)16-9-7-8-10-18(16)24-5/h6-10,15H,1,11-14H2,2-5H3/t15-/m0/s1. The highest BCUT2D eigenvalue weighted by Gasteiger charge is 2.28. The van der Waals surface area contributed by atoms with Gasteiger partial charge in [-0.2, -0.15) is 0 Å². The maximum atomic E-state index is 12.6. The van der Waals surface area contributed by atoms with Gasteiger partial charge in [-0.15, -0.1) is 6.58 Å². The molecule has 5 heteroatoms. The van der Waals surface area contributed by atoms with Crippen molar-refractivity contribution in [1.82, 2.24) is 4.90 Å². The molecule has 1 heterocycles. The van der Waals surface area contributed by atoms with Gasteiger partial charge in [0.2, 0.25) is 5.91 Å². The van der Waals surface area contributed by atoms with Crippen LogP contribution < -0.4 is 4.74 Å². The molecule has 0 spiro atoms. The molecule has 1 aliphatic heterocycles. The number of amides is 1. The van der Waals surface area contributed by atoms with Crippen LogP contribution in [0, 0.1) is 5.41 Å². The second kappa shape index (κ2) is 8.19. The summed E-state index contributed by atoms with van der Waals surface area (Å²) in [5.74, 6) is 0.888. The fourth-order valence-electron chi connectivity index (χ4n) is 2.81. The number of carbonyl (C=O) groups is 1.